The highest BCUT2D eigenvalue weighted by molar-refractivity contribution is 5.33. The van der Waals surface area contributed by atoms with Gasteiger partial charge in [0.1, 0.15) is 0 Å². The van der Waals surface area contributed by atoms with E-state index < -0.39 is 0 Å². The Labute approximate surface area is 85.5 Å². The Balaban J connectivity index is 1.99. The van der Waals surface area contributed by atoms with Gasteiger partial charge in [-0.25, -0.2) is 0 Å². The third-order valence-corrected chi connectivity index (χ3v) is 3.76. The maximum atomic E-state index is 3.68. The van der Waals surface area contributed by atoms with Gasteiger partial charge < -0.3 is 5.32 Å². The lowest BCUT2D eigenvalue weighted by Gasteiger charge is -2.37. The molecular weight excluding hydrogens is 170 g/mol. The first kappa shape index (κ1) is 8.49. The minimum absolute atomic E-state index is 0.661. The number of piperidine rings is 1. The number of benzene rings is 1. The first-order valence-corrected chi connectivity index (χ1v) is 5.76. The minimum atomic E-state index is 0.661. The maximum Gasteiger partial charge on any atom is 0.0351 e. The zero-order valence-electron chi connectivity index (χ0n) is 8.50. The van der Waals surface area contributed by atoms with Gasteiger partial charge in [-0.05, 0) is 49.3 Å². The summed E-state index contributed by atoms with van der Waals surface area (Å²) < 4.78 is 0. The van der Waals surface area contributed by atoms with Gasteiger partial charge in [-0.15, -0.1) is 0 Å². The van der Waals surface area contributed by atoms with E-state index in [0.29, 0.717) is 6.04 Å². The van der Waals surface area contributed by atoms with Gasteiger partial charge in [0.05, 0.1) is 0 Å². The van der Waals surface area contributed by atoms with Gasteiger partial charge in [-0.1, -0.05) is 24.3 Å². The summed E-state index contributed by atoms with van der Waals surface area (Å²) in [6.45, 7) is 1.20. The second kappa shape index (κ2) is 3.39. The Morgan fingerprint density at radius 1 is 1.14 bits per heavy atom. The molecule has 14 heavy (non-hydrogen) atoms. The maximum absolute atomic E-state index is 3.68. The van der Waals surface area contributed by atoms with E-state index in [2.05, 4.69) is 29.6 Å². The summed E-state index contributed by atoms with van der Waals surface area (Å²) in [5, 5.41) is 3.68. The average Bonchev–Trinajstić information content (AvgIpc) is 2.29. The fourth-order valence-corrected chi connectivity index (χ4v) is 3.04. The van der Waals surface area contributed by atoms with E-state index in [9.17, 15) is 0 Å². The minimum Gasteiger partial charge on any atom is -0.310 e. The van der Waals surface area contributed by atoms with Crippen molar-refractivity contribution in [2.24, 2.45) is 5.92 Å². The molecular formula is C13H17N. The molecule has 0 amide bonds. The number of nitrogens with one attached hydrogen (secondary N) is 1. The molecule has 0 aromatic heterocycles. The lowest BCUT2D eigenvalue weighted by Crippen LogP contribution is -2.37. The third kappa shape index (κ3) is 1.27. The highest BCUT2D eigenvalue weighted by Crippen LogP contribution is 2.38. The first-order valence-electron chi connectivity index (χ1n) is 5.76. The molecule has 1 fully saturated rings. The molecule has 0 unspecified atom stereocenters. The highest BCUT2D eigenvalue weighted by Gasteiger charge is 2.30. The van der Waals surface area contributed by atoms with Crippen LogP contribution in [0.4, 0.5) is 0 Å². The van der Waals surface area contributed by atoms with E-state index in [1.54, 1.807) is 11.1 Å². The van der Waals surface area contributed by atoms with E-state index in [4.69, 9.17) is 0 Å². The van der Waals surface area contributed by atoms with E-state index in [1.807, 2.05) is 0 Å². The van der Waals surface area contributed by atoms with Crippen LogP contribution in [0.5, 0.6) is 0 Å². The Hall–Kier alpha value is -0.820. The molecule has 1 aliphatic carbocycles. The lowest BCUT2D eigenvalue weighted by molar-refractivity contribution is 0.255. The SMILES string of the molecule is c1ccc2c(c1)CC[C@H]1CCCN[C@@H]21. The molecule has 74 valence electrons. The van der Waals surface area contributed by atoms with E-state index in [1.165, 1.54) is 32.2 Å². The molecule has 0 saturated carbocycles. The van der Waals surface area contributed by atoms with Gasteiger partial charge in [-0.2, -0.15) is 0 Å². The largest absolute Gasteiger partial charge is 0.310 e. The van der Waals surface area contributed by atoms with Crippen LogP contribution in [0.15, 0.2) is 24.3 Å². The van der Waals surface area contributed by atoms with Crippen LogP contribution in [0.25, 0.3) is 0 Å². The molecule has 1 saturated heterocycles. The van der Waals surface area contributed by atoms with Crippen LogP contribution >= 0.6 is 0 Å². The summed E-state index contributed by atoms with van der Waals surface area (Å²) in [5.74, 6) is 0.902. The molecule has 1 nitrogen and oxygen atoms in total. The van der Waals surface area contributed by atoms with Crippen molar-refractivity contribution < 1.29 is 0 Å². The molecule has 1 heteroatoms. The van der Waals surface area contributed by atoms with Crippen LogP contribution in [0.1, 0.15) is 36.4 Å². The zero-order chi connectivity index (χ0) is 9.38. The van der Waals surface area contributed by atoms with Crippen LogP contribution in [0.2, 0.25) is 0 Å². The molecule has 0 radical (unpaired) electrons. The van der Waals surface area contributed by atoms with Gasteiger partial charge in [0.2, 0.25) is 0 Å². The van der Waals surface area contributed by atoms with Crippen LogP contribution in [0.3, 0.4) is 0 Å². The van der Waals surface area contributed by atoms with Gasteiger partial charge in [0, 0.05) is 6.04 Å². The van der Waals surface area contributed by atoms with E-state index in [0.717, 1.165) is 5.92 Å². The summed E-state index contributed by atoms with van der Waals surface area (Å²) in [5.41, 5.74) is 3.15. The van der Waals surface area contributed by atoms with E-state index in [-0.39, 0.29) is 0 Å². The molecule has 1 aliphatic heterocycles. The van der Waals surface area contributed by atoms with Crippen molar-refractivity contribution in [1.29, 1.82) is 0 Å². The number of aryl methyl sites for hydroxylation is 1. The quantitative estimate of drug-likeness (QED) is 0.658. The van der Waals surface area contributed by atoms with Crippen LogP contribution in [0, 0.1) is 5.92 Å². The third-order valence-electron chi connectivity index (χ3n) is 3.76. The lowest BCUT2D eigenvalue weighted by atomic mass is 9.76. The standard InChI is InChI=1S/C13H17N/c1-2-6-12-10(4-1)7-8-11-5-3-9-14-13(11)12/h1-2,4,6,11,13-14H,3,5,7-9H2/t11-,13-/m1/s1. The van der Waals surface area contributed by atoms with E-state index >= 15 is 0 Å². The zero-order valence-corrected chi connectivity index (χ0v) is 8.50. The summed E-state index contributed by atoms with van der Waals surface area (Å²) in [6, 6.07) is 9.61. The fourth-order valence-electron chi connectivity index (χ4n) is 3.04. The van der Waals surface area contributed by atoms with Crippen molar-refractivity contribution in [3.8, 4) is 0 Å². The number of hydrogen-bond acceptors (Lipinski definition) is 1. The molecule has 1 aromatic rings. The molecule has 1 N–H and O–H groups in total. The molecule has 1 aromatic carbocycles. The van der Waals surface area contributed by atoms with Gasteiger partial charge >= 0.3 is 0 Å². The summed E-state index contributed by atoms with van der Waals surface area (Å²) in [6.07, 6.45) is 5.46. The van der Waals surface area contributed by atoms with Gasteiger partial charge in [-0.3, -0.25) is 0 Å². The van der Waals surface area contributed by atoms with Crippen molar-refractivity contribution in [1.82, 2.24) is 5.32 Å². The Morgan fingerprint density at radius 3 is 3.07 bits per heavy atom. The molecule has 0 bridgehead atoms. The van der Waals surface area contributed by atoms with Crippen LogP contribution < -0.4 is 5.32 Å². The average molecular weight is 187 g/mol. The summed E-state index contributed by atoms with van der Waals surface area (Å²) in [4.78, 5) is 0. The predicted octanol–water partition coefficient (Wildman–Crippen LogP) is 2.67. The van der Waals surface area contributed by atoms with Crippen LogP contribution in [-0.4, -0.2) is 6.54 Å². The number of rotatable bonds is 0. The first-order chi connectivity index (χ1) is 6.95. The molecule has 0 spiro atoms. The smallest absolute Gasteiger partial charge is 0.0351 e. The van der Waals surface area contributed by atoms with Crippen molar-refractivity contribution in [2.75, 3.05) is 6.54 Å². The van der Waals surface area contributed by atoms with Crippen molar-refractivity contribution in [2.45, 2.75) is 31.7 Å². The number of hydrogen-bond donors (Lipinski definition) is 1. The summed E-state index contributed by atoms with van der Waals surface area (Å²) in [7, 11) is 0. The van der Waals surface area contributed by atoms with Gasteiger partial charge in [0.25, 0.3) is 0 Å². The molecule has 1 heterocycles. The van der Waals surface area contributed by atoms with Crippen LogP contribution in [-0.2, 0) is 6.42 Å². The molecule has 3 rings (SSSR count). The monoisotopic (exact) mass is 187 g/mol. The van der Waals surface area contributed by atoms with Crippen molar-refractivity contribution >= 4 is 0 Å². The topological polar surface area (TPSA) is 12.0 Å². The van der Waals surface area contributed by atoms with Gasteiger partial charge in [0.15, 0.2) is 0 Å². The fraction of sp³-hybridized carbons (Fsp3) is 0.538. The predicted molar refractivity (Wildman–Crippen MR) is 58.2 cm³/mol. The molecule has 2 aliphatic rings. The van der Waals surface area contributed by atoms with Crippen molar-refractivity contribution in [3.63, 3.8) is 0 Å². The summed E-state index contributed by atoms with van der Waals surface area (Å²) >= 11 is 0. The normalized spacial score (nSPS) is 30.6. The second-order valence-electron chi connectivity index (χ2n) is 4.57. The Morgan fingerprint density at radius 2 is 2.07 bits per heavy atom. The number of fused-ring (bicyclic) bond motifs is 3. The Bertz CT molecular complexity index is 332. The highest BCUT2D eigenvalue weighted by atomic mass is 14.9. The molecule has 2 atom stereocenters. The van der Waals surface area contributed by atoms with Crippen molar-refractivity contribution in [3.05, 3.63) is 35.4 Å². The second-order valence-corrected chi connectivity index (χ2v) is 4.57. The Kier molecular flexibility index (Phi) is 2.06.